The standard InChI is InChI=1S/C23H25N3/c1-3-8-17(21(15-24)18-9-6-5-7-10-18)11-12-19-16-26-23-20(19)13-14-25-22(23)4-2/h5-7,9-10,13-14,16,26H,3-4,8,11-12H2,1-2H3/b21-17-. The fraction of sp³-hybridized carbons (Fsp3) is 0.304. The van der Waals surface area contributed by atoms with Crippen molar-refractivity contribution in [3.8, 4) is 6.07 Å². The quantitative estimate of drug-likeness (QED) is 0.548. The number of nitrogens with zero attached hydrogens (tertiary/aromatic N) is 2. The van der Waals surface area contributed by atoms with Crippen molar-refractivity contribution in [1.29, 1.82) is 5.26 Å². The third kappa shape index (κ3) is 3.70. The molecule has 0 amide bonds. The molecule has 1 aromatic carbocycles. The van der Waals surface area contributed by atoms with Gasteiger partial charge in [0.25, 0.3) is 0 Å². The van der Waals surface area contributed by atoms with Crippen LogP contribution in [0, 0.1) is 11.3 Å². The topological polar surface area (TPSA) is 52.5 Å². The minimum atomic E-state index is 0.836. The smallest absolute Gasteiger partial charge is 0.0997 e. The van der Waals surface area contributed by atoms with Crippen molar-refractivity contribution in [1.82, 2.24) is 9.97 Å². The molecule has 0 saturated carbocycles. The van der Waals surface area contributed by atoms with E-state index in [9.17, 15) is 5.26 Å². The number of pyridine rings is 1. The SMILES string of the molecule is CCC/C(CCc1c[nH]c2c(CC)nccc12)=C(\C#N)c1ccccc1. The fourth-order valence-electron chi connectivity index (χ4n) is 3.56. The maximum atomic E-state index is 9.75. The Morgan fingerprint density at radius 3 is 2.62 bits per heavy atom. The zero-order valence-corrected chi connectivity index (χ0v) is 15.5. The highest BCUT2D eigenvalue weighted by Crippen LogP contribution is 2.28. The lowest BCUT2D eigenvalue weighted by molar-refractivity contribution is 0.824. The summed E-state index contributed by atoms with van der Waals surface area (Å²) >= 11 is 0. The maximum absolute atomic E-state index is 9.75. The first-order valence-corrected chi connectivity index (χ1v) is 9.39. The lowest BCUT2D eigenvalue weighted by Crippen LogP contribution is -1.95. The number of hydrogen-bond donors (Lipinski definition) is 1. The van der Waals surface area contributed by atoms with Crippen LogP contribution in [0.5, 0.6) is 0 Å². The van der Waals surface area contributed by atoms with Gasteiger partial charge in [0, 0.05) is 17.8 Å². The molecule has 0 unspecified atom stereocenters. The van der Waals surface area contributed by atoms with E-state index in [0.717, 1.165) is 54.5 Å². The van der Waals surface area contributed by atoms with E-state index in [1.807, 2.05) is 36.5 Å². The Balaban J connectivity index is 1.90. The van der Waals surface area contributed by atoms with Gasteiger partial charge < -0.3 is 4.98 Å². The zero-order valence-electron chi connectivity index (χ0n) is 15.5. The van der Waals surface area contributed by atoms with E-state index in [0.29, 0.717) is 0 Å². The highest BCUT2D eigenvalue weighted by atomic mass is 14.8. The van der Waals surface area contributed by atoms with Gasteiger partial charge in [-0.05, 0) is 42.9 Å². The van der Waals surface area contributed by atoms with Gasteiger partial charge in [-0.2, -0.15) is 5.26 Å². The molecule has 0 spiro atoms. The molecule has 3 rings (SSSR count). The number of aromatic amines is 1. The highest BCUT2D eigenvalue weighted by Gasteiger charge is 2.12. The first kappa shape index (κ1) is 17.9. The van der Waals surface area contributed by atoms with Gasteiger partial charge in [0.15, 0.2) is 0 Å². The summed E-state index contributed by atoms with van der Waals surface area (Å²) in [5, 5.41) is 11.0. The molecule has 2 heterocycles. The summed E-state index contributed by atoms with van der Waals surface area (Å²) in [5.41, 5.74) is 6.67. The summed E-state index contributed by atoms with van der Waals surface area (Å²) in [6, 6.07) is 14.6. The molecule has 0 atom stereocenters. The second-order valence-electron chi connectivity index (χ2n) is 6.55. The summed E-state index contributed by atoms with van der Waals surface area (Å²) in [6.45, 7) is 4.30. The summed E-state index contributed by atoms with van der Waals surface area (Å²) < 4.78 is 0. The number of nitrogens with one attached hydrogen (secondary N) is 1. The number of aryl methyl sites for hydroxylation is 2. The van der Waals surface area contributed by atoms with Gasteiger partial charge in [-0.1, -0.05) is 56.2 Å². The summed E-state index contributed by atoms with van der Waals surface area (Å²) in [5.74, 6) is 0. The largest absolute Gasteiger partial charge is 0.359 e. The zero-order chi connectivity index (χ0) is 18.4. The van der Waals surface area contributed by atoms with E-state index in [-0.39, 0.29) is 0 Å². The number of fused-ring (bicyclic) bond motifs is 1. The summed E-state index contributed by atoms with van der Waals surface area (Å²) in [4.78, 5) is 7.86. The van der Waals surface area contributed by atoms with Crippen LogP contribution in [0.3, 0.4) is 0 Å². The molecule has 132 valence electrons. The van der Waals surface area contributed by atoms with E-state index >= 15 is 0 Å². The molecule has 3 nitrogen and oxygen atoms in total. The van der Waals surface area contributed by atoms with Crippen LogP contribution in [-0.4, -0.2) is 9.97 Å². The van der Waals surface area contributed by atoms with Gasteiger partial charge in [-0.25, -0.2) is 0 Å². The monoisotopic (exact) mass is 343 g/mol. The van der Waals surface area contributed by atoms with Crippen molar-refractivity contribution in [2.45, 2.75) is 46.0 Å². The number of nitriles is 1. The molecule has 0 aliphatic heterocycles. The molecule has 2 aromatic heterocycles. The van der Waals surface area contributed by atoms with Crippen LogP contribution in [0.25, 0.3) is 16.5 Å². The number of rotatable bonds is 7. The van der Waals surface area contributed by atoms with Crippen molar-refractivity contribution in [2.24, 2.45) is 0 Å². The van der Waals surface area contributed by atoms with Crippen molar-refractivity contribution >= 4 is 16.5 Å². The number of H-pyrrole nitrogens is 1. The second-order valence-corrected chi connectivity index (χ2v) is 6.55. The van der Waals surface area contributed by atoms with Crippen LogP contribution in [0.4, 0.5) is 0 Å². The Morgan fingerprint density at radius 2 is 1.92 bits per heavy atom. The van der Waals surface area contributed by atoms with E-state index in [1.54, 1.807) is 0 Å². The van der Waals surface area contributed by atoms with Crippen LogP contribution < -0.4 is 0 Å². The highest BCUT2D eigenvalue weighted by molar-refractivity contribution is 5.85. The predicted octanol–water partition coefficient (Wildman–Crippen LogP) is 5.84. The molecule has 0 aliphatic rings. The van der Waals surface area contributed by atoms with Crippen LogP contribution in [0.15, 0.2) is 54.4 Å². The first-order valence-electron chi connectivity index (χ1n) is 9.39. The number of aromatic nitrogens is 2. The molecule has 0 bridgehead atoms. The van der Waals surface area contributed by atoms with Gasteiger partial charge in [-0.15, -0.1) is 0 Å². The molecule has 3 aromatic rings. The lowest BCUT2D eigenvalue weighted by Gasteiger charge is -2.10. The molecule has 3 heteroatoms. The van der Waals surface area contributed by atoms with Gasteiger partial charge >= 0.3 is 0 Å². The molecule has 26 heavy (non-hydrogen) atoms. The minimum absolute atomic E-state index is 0.836. The van der Waals surface area contributed by atoms with Gasteiger partial charge in [0.05, 0.1) is 22.9 Å². The third-order valence-corrected chi connectivity index (χ3v) is 4.88. The molecule has 1 N–H and O–H groups in total. The van der Waals surface area contributed by atoms with Crippen molar-refractivity contribution in [3.63, 3.8) is 0 Å². The molecule has 0 radical (unpaired) electrons. The average Bonchev–Trinajstić information content (AvgIpc) is 3.10. The van der Waals surface area contributed by atoms with Crippen LogP contribution in [0.1, 0.15) is 49.9 Å². The molecular weight excluding hydrogens is 318 g/mol. The Hall–Kier alpha value is -2.86. The minimum Gasteiger partial charge on any atom is -0.359 e. The fourth-order valence-corrected chi connectivity index (χ4v) is 3.56. The van der Waals surface area contributed by atoms with E-state index in [1.165, 1.54) is 16.5 Å². The van der Waals surface area contributed by atoms with E-state index < -0.39 is 0 Å². The van der Waals surface area contributed by atoms with E-state index in [2.05, 4.69) is 42.1 Å². The molecular formula is C23H25N3. The Bertz CT molecular complexity index is 942. The van der Waals surface area contributed by atoms with Gasteiger partial charge in [0.2, 0.25) is 0 Å². The van der Waals surface area contributed by atoms with Crippen LogP contribution in [0.2, 0.25) is 0 Å². The Kier molecular flexibility index (Phi) is 5.86. The Morgan fingerprint density at radius 1 is 1.12 bits per heavy atom. The van der Waals surface area contributed by atoms with Crippen molar-refractivity contribution in [3.05, 3.63) is 71.2 Å². The van der Waals surface area contributed by atoms with Crippen molar-refractivity contribution < 1.29 is 0 Å². The van der Waals surface area contributed by atoms with Crippen molar-refractivity contribution in [2.75, 3.05) is 0 Å². The van der Waals surface area contributed by atoms with Gasteiger partial charge in [-0.3, -0.25) is 4.98 Å². The van der Waals surface area contributed by atoms with Gasteiger partial charge in [0.1, 0.15) is 0 Å². The van der Waals surface area contributed by atoms with Crippen LogP contribution in [-0.2, 0) is 12.8 Å². The van der Waals surface area contributed by atoms with Crippen LogP contribution >= 0.6 is 0 Å². The summed E-state index contributed by atoms with van der Waals surface area (Å²) in [7, 11) is 0. The lowest BCUT2D eigenvalue weighted by atomic mass is 9.93. The number of allylic oxidation sites excluding steroid dienone is 2. The first-order chi connectivity index (χ1) is 12.8. The normalized spacial score (nSPS) is 12.0. The molecule has 0 fully saturated rings. The average molecular weight is 343 g/mol. The third-order valence-electron chi connectivity index (χ3n) is 4.88. The molecule has 0 saturated heterocycles. The van der Waals surface area contributed by atoms with E-state index in [4.69, 9.17) is 0 Å². The maximum Gasteiger partial charge on any atom is 0.0997 e. The predicted molar refractivity (Wildman–Crippen MR) is 108 cm³/mol. The Labute approximate surface area is 155 Å². The number of benzene rings is 1. The summed E-state index contributed by atoms with van der Waals surface area (Å²) in [6.07, 6.45) is 8.76. The second kappa shape index (κ2) is 8.49. The molecule has 0 aliphatic carbocycles. The number of hydrogen-bond acceptors (Lipinski definition) is 2.